The predicted molar refractivity (Wildman–Crippen MR) is 154 cm³/mol. The van der Waals surface area contributed by atoms with Crippen molar-refractivity contribution in [1.29, 1.82) is 0 Å². The maximum absolute atomic E-state index is 13.8. The van der Waals surface area contributed by atoms with Crippen molar-refractivity contribution in [3.8, 4) is 0 Å². The molecule has 1 spiro atoms. The van der Waals surface area contributed by atoms with E-state index in [0.717, 1.165) is 82.7 Å². The summed E-state index contributed by atoms with van der Waals surface area (Å²) in [4.78, 5) is 47.8. The first-order chi connectivity index (χ1) is 18.7. The number of nitrogens with one attached hydrogen (secondary N) is 1. The zero-order valence-corrected chi connectivity index (χ0v) is 24.3. The van der Waals surface area contributed by atoms with Crippen LogP contribution < -0.4 is 10.2 Å². The van der Waals surface area contributed by atoms with Gasteiger partial charge in [-0.05, 0) is 56.7 Å². The van der Waals surface area contributed by atoms with Crippen molar-refractivity contribution in [2.24, 2.45) is 5.41 Å². The molecule has 0 aromatic heterocycles. The molecule has 4 aliphatic rings. The molecule has 9 heteroatoms. The van der Waals surface area contributed by atoms with Gasteiger partial charge in [0.2, 0.25) is 17.7 Å². The van der Waals surface area contributed by atoms with Crippen LogP contribution in [0.25, 0.3) is 0 Å². The third kappa shape index (κ3) is 5.78. The van der Waals surface area contributed by atoms with E-state index in [-0.39, 0.29) is 29.2 Å². The number of benzene rings is 1. The Morgan fingerprint density at radius 3 is 2.36 bits per heavy atom. The number of anilines is 1. The highest BCUT2D eigenvalue weighted by molar-refractivity contribution is 6.30. The van der Waals surface area contributed by atoms with Gasteiger partial charge in [0.05, 0.1) is 5.41 Å². The number of piperidine rings is 1. The molecule has 214 valence electrons. The number of piperazine rings is 1. The molecular formula is C30H44ClN5O3. The average molecular weight is 558 g/mol. The second kappa shape index (κ2) is 11.7. The van der Waals surface area contributed by atoms with Gasteiger partial charge in [0.25, 0.3) is 0 Å². The van der Waals surface area contributed by atoms with Crippen molar-refractivity contribution < 1.29 is 14.4 Å². The van der Waals surface area contributed by atoms with Crippen LogP contribution in [0.5, 0.6) is 0 Å². The van der Waals surface area contributed by atoms with Gasteiger partial charge in [-0.3, -0.25) is 19.3 Å². The van der Waals surface area contributed by atoms with Crippen molar-refractivity contribution in [3.05, 3.63) is 29.3 Å². The number of hydrogen-bond acceptors (Lipinski definition) is 5. The fourth-order valence-corrected chi connectivity index (χ4v) is 7.55. The predicted octanol–water partition coefficient (Wildman–Crippen LogP) is 3.53. The molecule has 3 heterocycles. The average Bonchev–Trinajstić information content (AvgIpc) is 3.26. The molecule has 4 fully saturated rings. The minimum atomic E-state index is -0.716. The third-order valence-corrected chi connectivity index (χ3v) is 10.2. The smallest absolute Gasteiger partial charge is 0.248 e. The monoisotopic (exact) mass is 557 g/mol. The summed E-state index contributed by atoms with van der Waals surface area (Å²) in [6, 6.07) is 8.25. The van der Waals surface area contributed by atoms with E-state index >= 15 is 0 Å². The highest BCUT2D eigenvalue weighted by Gasteiger charge is 2.52. The summed E-state index contributed by atoms with van der Waals surface area (Å²) < 4.78 is 0. The minimum Gasteiger partial charge on any atom is -0.369 e. The fraction of sp³-hybridized carbons (Fsp3) is 0.700. The van der Waals surface area contributed by atoms with E-state index < -0.39 is 5.54 Å². The Morgan fingerprint density at radius 2 is 1.72 bits per heavy atom. The van der Waals surface area contributed by atoms with Gasteiger partial charge in [-0.25, -0.2) is 0 Å². The molecule has 8 nitrogen and oxygen atoms in total. The lowest BCUT2D eigenvalue weighted by Gasteiger charge is -2.47. The summed E-state index contributed by atoms with van der Waals surface area (Å²) in [7, 11) is 1.78. The number of amides is 3. The molecule has 3 aliphatic heterocycles. The van der Waals surface area contributed by atoms with Crippen LogP contribution in [0.15, 0.2) is 24.3 Å². The first-order valence-corrected chi connectivity index (χ1v) is 15.2. The van der Waals surface area contributed by atoms with Crippen molar-refractivity contribution in [1.82, 2.24) is 20.0 Å². The first kappa shape index (κ1) is 28.2. The van der Waals surface area contributed by atoms with Gasteiger partial charge in [0, 0.05) is 76.5 Å². The third-order valence-electron chi connectivity index (χ3n) is 9.99. The summed E-state index contributed by atoms with van der Waals surface area (Å²) >= 11 is 6.17. The summed E-state index contributed by atoms with van der Waals surface area (Å²) in [5.74, 6) is 0.197. The molecule has 5 rings (SSSR count). The van der Waals surface area contributed by atoms with E-state index in [2.05, 4.69) is 21.2 Å². The van der Waals surface area contributed by atoms with E-state index in [4.69, 9.17) is 11.6 Å². The van der Waals surface area contributed by atoms with Crippen LogP contribution >= 0.6 is 11.6 Å². The van der Waals surface area contributed by atoms with E-state index in [1.54, 1.807) is 18.9 Å². The number of likely N-dealkylation sites (N-methyl/N-ethyl adjacent to an activating group) is 1. The molecule has 1 aromatic carbocycles. The van der Waals surface area contributed by atoms with Crippen molar-refractivity contribution in [2.45, 2.75) is 76.3 Å². The summed E-state index contributed by atoms with van der Waals surface area (Å²) in [5, 5.41) is 4.07. The second-order valence-corrected chi connectivity index (χ2v) is 12.7. The van der Waals surface area contributed by atoms with Crippen LogP contribution in [-0.2, 0) is 14.4 Å². The standard InChI is InChI=1S/C30H44ClN5O3/c1-23(37)33(2)30(10-4-3-5-11-30)28(39)36-15-12-29(13-16-36)22-25(32-27(29)38)9-14-34-17-19-35(20-18-34)26-8-6-7-24(31)21-26/h6-8,21,25H,3-5,9-20,22H2,1-2H3,(H,32,38)/t25-/m0/s1. The first-order valence-electron chi connectivity index (χ1n) is 14.8. The van der Waals surface area contributed by atoms with Gasteiger partial charge in [-0.15, -0.1) is 0 Å². The Hall–Kier alpha value is -2.32. The number of halogens is 1. The van der Waals surface area contributed by atoms with Crippen molar-refractivity contribution >= 4 is 35.0 Å². The van der Waals surface area contributed by atoms with Gasteiger partial charge < -0.3 is 20.0 Å². The molecule has 1 atom stereocenters. The van der Waals surface area contributed by atoms with Gasteiger partial charge in [0.1, 0.15) is 5.54 Å². The molecule has 0 unspecified atom stereocenters. The second-order valence-electron chi connectivity index (χ2n) is 12.2. The number of likely N-dealkylation sites (tertiary alicyclic amines) is 1. The highest BCUT2D eigenvalue weighted by Crippen LogP contribution is 2.43. The van der Waals surface area contributed by atoms with Crippen molar-refractivity contribution in [2.75, 3.05) is 57.8 Å². The van der Waals surface area contributed by atoms with Crippen LogP contribution in [-0.4, -0.2) is 96.9 Å². The van der Waals surface area contributed by atoms with Crippen LogP contribution in [0.1, 0.15) is 64.7 Å². The van der Waals surface area contributed by atoms with Crippen molar-refractivity contribution in [3.63, 3.8) is 0 Å². The molecule has 3 saturated heterocycles. The Morgan fingerprint density at radius 1 is 1.03 bits per heavy atom. The molecule has 0 radical (unpaired) electrons. The van der Waals surface area contributed by atoms with E-state index in [1.807, 2.05) is 23.1 Å². The lowest BCUT2D eigenvalue weighted by atomic mass is 9.74. The molecule has 0 bridgehead atoms. The largest absolute Gasteiger partial charge is 0.369 e. The van der Waals surface area contributed by atoms with Gasteiger partial charge >= 0.3 is 0 Å². The normalized spacial score (nSPS) is 25.0. The summed E-state index contributed by atoms with van der Waals surface area (Å²) in [6.07, 6.45) is 7.76. The highest BCUT2D eigenvalue weighted by atomic mass is 35.5. The maximum Gasteiger partial charge on any atom is 0.248 e. The number of rotatable bonds is 6. The molecule has 3 amide bonds. The Labute approximate surface area is 238 Å². The number of hydrogen-bond donors (Lipinski definition) is 1. The van der Waals surface area contributed by atoms with Crippen LogP contribution in [0, 0.1) is 5.41 Å². The SMILES string of the molecule is CC(=O)N(C)C1(C(=O)N2CCC3(CC2)C[C@H](CCN2CCN(c4cccc(Cl)c4)CC2)NC3=O)CCCCC1. The van der Waals surface area contributed by atoms with Crippen LogP contribution in [0.3, 0.4) is 0 Å². The van der Waals surface area contributed by atoms with E-state index in [0.29, 0.717) is 25.9 Å². The number of carbonyl (C=O) groups excluding carboxylic acids is 3. The van der Waals surface area contributed by atoms with Crippen LogP contribution in [0.2, 0.25) is 5.02 Å². The Kier molecular flexibility index (Phi) is 8.43. The lowest BCUT2D eigenvalue weighted by Crippen LogP contribution is -2.62. The molecule has 1 aromatic rings. The fourth-order valence-electron chi connectivity index (χ4n) is 7.36. The topological polar surface area (TPSA) is 76.2 Å². The Balaban J connectivity index is 1.11. The summed E-state index contributed by atoms with van der Waals surface area (Å²) in [6.45, 7) is 7.69. The zero-order valence-electron chi connectivity index (χ0n) is 23.6. The molecule has 39 heavy (non-hydrogen) atoms. The summed E-state index contributed by atoms with van der Waals surface area (Å²) in [5.41, 5.74) is 0.101. The minimum absolute atomic E-state index is 0.0531. The number of carbonyl (C=O) groups is 3. The Bertz CT molecular complexity index is 1060. The molecule has 1 aliphatic carbocycles. The quantitative estimate of drug-likeness (QED) is 0.579. The number of nitrogens with zero attached hydrogens (tertiary/aromatic N) is 4. The zero-order chi connectivity index (χ0) is 27.6. The lowest BCUT2D eigenvalue weighted by molar-refractivity contribution is -0.156. The van der Waals surface area contributed by atoms with E-state index in [1.165, 1.54) is 5.69 Å². The van der Waals surface area contributed by atoms with E-state index in [9.17, 15) is 14.4 Å². The molecule has 1 N–H and O–H groups in total. The molecular weight excluding hydrogens is 514 g/mol. The maximum atomic E-state index is 13.8. The van der Waals surface area contributed by atoms with Crippen LogP contribution in [0.4, 0.5) is 5.69 Å². The molecule has 1 saturated carbocycles. The van der Waals surface area contributed by atoms with Gasteiger partial charge in [0.15, 0.2) is 0 Å². The van der Waals surface area contributed by atoms with Gasteiger partial charge in [-0.2, -0.15) is 0 Å². The van der Waals surface area contributed by atoms with Gasteiger partial charge in [-0.1, -0.05) is 36.9 Å².